The minimum Gasteiger partial charge on any atom is -0.481 e. The van der Waals surface area contributed by atoms with Crippen LogP contribution in [0.25, 0.3) is 0 Å². The van der Waals surface area contributed by atoms with Crippen LogP contribution in [0.4, 0.5) is 0 Å². The molecule has 0 radical (unpaired) electrons. The zero-order valence-corrected chi connectivity index (χ0v) is 9.78. The van der Waals surface area contributed by atoms with Crippen molar-refractivity contribution in [2.45, 2.75) is 31.6 Å². The van der Waals surface area contributed by atoms with Crippen molar-refractivity contribution in [3.05, 3.63) is 34.9 Å². The molecule has 1 aromatic carbocycles. The van der Waals surface area contributed by atoms with Crippen LogP contribution in [-0.2, 0) is 4.79 Å². The van der Waals surface area contributed by atoms with E-state index >= 15 is 0 Å². The van der Waals surface area contributed by atoms with Crippen LogP contribution in [0.15, 0.2) is 24.3 Å². The van der Waals surface area contributed by atoms with Crippen molar-refractivity contribution in [2.75, 3.05) is 0 Å². The fourth-order valence-corrected chi connectivity index (χ4v) is 2.78. The Labute approximate surface area is 100 Å². The molecule has 1 aliphatic rings. The van der Waals surface area contributed by atoms with Gasteiger partial charge in [-0.1, -0.05) is 30.2 Å². The zero-order chi connectivity index (χ0) is 11.5. The Morgan fingerprint density at radius 3 is 2.62 bits per heavy atom. The first-order valence-electron chi connectivity index (χ1n) is 5.64. The largest absolute Gasteiger partial charge is 0.481 e. The number of carboxylic acid groups (broad SMARTS) is 1. The molecule has 0 aliphatic heterocycles. The smallest absolute Gasteiger partial charge is 0.303 e. The number of hydrogen-bond donors (Lipinski definition) is 1. The Morgan fingerprint density at radius 2 is 2.00 bits per heavy atom. The summed E-state index contributed by atoms with van der Waals surface area (Å²) in [5.41, 5.74) is 1.23. The van der Waals surface area contributed by atoms with Crippen LogP contribution < -0.4 is 0 Å². The molecule has 0 aromatic heterocycles. The standard InChI is InChI=1S/C13H15ClO2/c14-11-6-4-9(5-7-11)12-3-1-2-10(12)8-13(15)16/h4-7,10,12H,1-3,8H2,(H,15,16). The molecule has 2 nitrogen and oxygen atoms in total. The van der Waals surface area contributed by atoms with Crippen LogP contribution >= 0.6 is 11.6 Å². The summed E-state index contributed by atoms with van der Waals surface area (Å²) in [5.74, 6) is -0.00194. The van der Waals surface area contributed by atoms with Crippen molar-refractivity contribution in [1.29, 1.82) is 0 Å². The molecule has 0 bridgehead atoms. The molecule has 16 heavy (non-hydrogen) atoms. The number of benzene rings is 1. The van der Waals surface area contributed by atoms with Crippen molar-refractivity contribution < 1.29 is 9.90 Å². The summed E-state index contributed by atoms with van der Waals surface area (Å²) in [6.45, 7) is 0. The Balaban J connectivity index is 2.13. The van der Waals surface area contributed by atoms with Gasteiger partial charge in [0.15, 0.2) is 0 Å². The van der Waals surface area contributed by atoms with E-state index in [-0.39, 0.29) is 6.42 Å². The Bertz CT molecular complexity index is 372. The second-order valence-corrected chi connectivity index (χ2v) is 4.88. The van der Waals surface area contributed by atoms with Crippen LogP contribution in [0.5, 0.6) is 0 Å². The summed E-state index contributed by atoms with van der Waals surface area (Å²) in [7, 11) is 0. The van der Waals surface area contributed by atoms with Gasteiger partial charge in [0.25, 0.3) is 0 Å². The van der Waals surface area contributed by atoms with Crippen molar-refractivity contribution in [3.63, 3.8) is 0 Å². The highest BCUT2D eigenvalue weighted by molar-refractivity contribution is 6.30. The van der Waals surface area contributed by atoms with Gasteiger partial charge < -0.3 is 5.11 Å². The van der Waals surface area contributed by atoms with E-state index in [1.54, 1.807) is 0 Å². The Hall–Kier alpha value is -1.02. The predicted octanol–water partition coefficient (Wildman–Crippen LogP) is 3.70. The second kappa shape index (κ2) is 4.88. The molecule has 1 aromatic rings. The molecule has 1 N–H and O–H groups in total. The SMILES string of the molecule is O=C(O)CC1CCCC1c1ccc(Cl)cc1. The van der Waals surface area contributed by atoms with E-state index in [0.717, 1.165) is 24.3 Å². The summed E-state index contributed by atoms with van der Waals surface area (Å²) >= 11 is 5.84. The highest BCUT2D eigenvalue weighted by atomic mass is 35.5. The number of hydrogen-bond acceptors (Lipinski definition) is 1. The van der Waals surface area contributed by atoms with Crippen molar-refractivity contribution in [3.8, 4) is 0 Å². The fraction of sp³-hybridized carbons (Fsp3) is 0.462. The van der Waals surface area contributed by atoms with E-state index in [1.165, 1.54) is 5.56 Å². The second-order valence-electron chi connectivity index (χ2n) is 4.45. The van der Waals surface area contributed by atoms with Gasteiger partial charge >= 0.3 is 5.97 Å². The quantitative estimate of drug-likeness (QED) is 0.872. The van der Waals surface area contributed by atoms with E-state index in [1.807, 2.05) is 24.3 Å². The molecular formula is C13H15ClO2. The number of carbonyl (C=O) groups is 1. The summed E-state index contributed by atoms with van der Waals surface area (Å²) in [5, 5.41) is 9.59. The van der Waals surface area contributed by atoms with E-state index in [0.29, 0.717) is 11.8 Å². The van der Waals surface area contributed by atoms with E-state index < -0.39 is 5.97 Å². The highest BCUT2D eigenvalue weighted by Gasteiger charge is 2.29. The average molecular weight is 239 g/mol. The van der Waals surface area contributed by atoms with Crippen molar-refractivity contribution in [1.82, 2.24) is 0 Å². The lowest BCUT2D eigenvalue weighted by molar-refractivity contribution is -0.138. The van der Waals surface area contributed by atoms with Gasteiger partial charge in [-0.2, -0.15) is 0 Å². The zero-order valence-electron chi connectivity index (χ0n) is 9.03. The van der Waals surface area contributed by atoms with Crippen LogP contribution in [0.3, 0.4) is 0 Å². The maximum absolute atomic E-state index is 10.8. The summed E-state index contributed by atoms with van der Waals surface area (Å²) < 4.78 is 0. The molecule has 3 heteroatoms. The predicted molar refractivity (Wildman–Crippen MR) is 63.8 cm³/mol. The van der Waals surface area contributed by atoms with Crippen LogP contribution in [0.1, 0.15) is 37.2 Å². The van der Waals surface area contributed by atoms with E-state index in [9.17, 15) is 4.79 Å². The van der Waals surface area contributed by atoms with E-state index in [4.69, 9.17) is 16.7 Å². The lowest BCUT2D eigenvalue weighted by Crippen LogP contribution is -2.11. The van der Waals surface area contributed by atoms with Crippen LogP contribution in [0, 0.1) is 5.92 Å². The average Bonchev–Trinajstić information content (AvgIpc) is 2.66. The van der Waals surface area contributed by atoms with Crippen molar-refractivity contribution in [2.24, 2.45) is 5.92 Å². The number of halogens is 1. The molecule has 1 fully saturated rings. The fourth-order valence-electron chi connectivity index (χ4n) is 2.65. The van der Waals surface area contributed by atoms with Gasteiger partial charge in [0.2, 0.25) is 0 Å². The number of rotatable bonds is 3. The molecule has 0 amide bonds. The monoisotopic (exact) mass is 238 g/mol. The molecule has 0 heterocycles. The van der Waals surface area contributed by atoms with E-state index in [2.05, 4.69) is 0 Å². The topological polar surface area (TPSA) is 37.3 Å². The molecule has 2 unspecified atom stereocenters. The molecule has 2 atom stereocenters. The first kappa shape index (κ1) is 11.5. The molecule has 0 spiro atoms. The van der Waals surface area contributed by atoms with Crippen LogP contribution in [-0.4, -0.2) is 11.1 Å². The van der Waals surface area contributed by atoms with Gasteiger partial charge in [-0.05, 0) is 42.4 Å². The maximum atomic E-state index is 10.8. The Kier molecular flexibility index (Phi) is 3.49. The van der Waals surface area contributed by atoms with Gasteiger partial charge in [0, 0.05) is 11.4 Å². The molecule has 1 saturated carbocycles. The molecule has 2 rings (SSSR count). The lowest BCUT2D eigenvalue weighted by atomic mass is 9.87. The van der Waals surface area contributed by atoms with Gasteiger partial charge in [0.05, 0.1) is 0 Å². The third-order valence-corrected chi connectivity index (χ3v) is 3.65. The van der Waals surface area contributed by atoms with Gasteiger partial charge in [-0.25, -0.2) is 0 Å². The van der Waals surface area contributed by atoms with Crippen LogP contribution in [0.2, 0.25) is 5.02 Å². The lowest BCUT2D eigenvalue weighted by Gasteiger charge is -2.18. The van der Waals surface area contributed by atoms with Crippen molar-refractivity contribution >= 4 is 17.6 Å². The first-order chi connectivity index (χ1) is 7.66. The summed E-state index contributed by atoms with van der Waals surface area (Å²) in [4.78, 5) is 10.8. The summed E-state index contributed by atoms with van der Waals surface area (Å²) in [6, 6.07) is 7.81. The third-order valence-electron chi connectivity index (χ3n) is 3.39. The Morgan fingerprint density at radius 1 is 1.31 bits per heavy atom. The molecule has 1 aliphatic carbocycles. The first-order valence-corrected chi connectivity index (χ1v) is 6.02. The number of carboxylic acids is 1. The number of aliphatic carboxylic acids is 1. The minimum atomic E-state index is -0.689. The third kappa shape index (κ3) is 2.56. The van der Waals surface area contributed by atoms with Gasteiger partial charge in [0.1, 0.15) is 0 Å². The van der Waals surface area contributed by atoms with Gasteiger partial charge in [-0.15, -0.1) is 0 Å². The van der Waals surface area contributed by atoms with Gasteiger partial charge in [-0.3, -0.25) is 4.79 Å². The molecule has 86 valence electrons. The summed E-state index contributed by atoms with van der Waals surface area (Å²) in [6.07, 6.45) is 3.54. The maximum Gasteiger partial charge on any atom is 0.303 e. The molecule has 0 saturated heterocycles. The highest BCUT2D eigenvalue weighted by Crippen LogP contribution is 2.41. The normalized spacial score (nSPS) is 24.6. The molecular weight excluding hydrogens is 224 g/mol. The minimum absolute atomic E-state index is 0.285.